The molecule has 1 rings (SSSR count). The summed E-state index contributed by atoms with van der Waals surface area (Å²) < 4.78 is 10.5. The number of allylic oxidation sites excluding steroid dienone is 1. The van der Waals surface area contributed by atoms with Crippen molar-refractivity contribution in [2.45, 2.75) is 55.8 Å². The van der Waals surface area contributed by atoms with E-state index in [2.05, 4.69) is 0 Å². The molecule has 0 aliphatic carbocycles. The van der Waals surface area contributed by atoms with E-state index in [0.29, 0.717) is 12.2 Å². The molecule has 6 heteroatoms. The monoisotopic (exact) mass is 398 g/mol. The van der Waals surface area contributed by atoms with Gasteiger partial charge < -0.3 is 19.7 Å². The number of carbonyl (C=O) groups excluding carboxylic acids is 1. The molecule has 0 aromatic carbocycles. The van der Waals surface area contributed by atoms with Crippen molar-refractivity contribution in [1.29, 1.82) is 0 Å². The Labute approximate surface area is 133 Å². The molecule has 0 bridgehead atoms. The molecule has 20 heavy (non-hydrogen) atoms. The van der Waals surface area contributed by atoms with Gasteiger partial charge in [-0.3, -0.25) is 0 Å². The first kappa shape index (κ1) is 17.7. The zero-order valence-corrected chi connectivity index (χ0v) is 14.3. The largest absolute Gasteiger partial charge is 0.457 e. The number of esters is 1. The minimum atomic E-state index is -0.918. The average molecular weight is 398 g/mol. The summed E-state index contributed by atoms with van der Waals surface area (Å²) >= 11 is 2.04. The van der Waals surface area contributed by atoms with E-state index >= 15 is 0 Å². The van der Waals surface area contributed by atoms with Gasteiger partial charge in [-0.1, -0.05) is 35.9 Å². The topological polar surface area (TPSA) is 76.0 Å². The summed E-state index contributed by atoms with van der Waals surface area (Å²) in [7, 11) is 0. The van der Waals surface area contributed by atoms with Gasteiger partial charge in [0.1, 0.15) is 5.76 Å². The van der Waals surface area contributed by atoms with E-state index in [1.54, 1.807) is 13.8 Å². The average Bonchev–Trinajstić information content (AvgIpc) is 2.34. The maximum Gasteiger partial charge on any atom is 0.337 e. The molecule has 2 N–H and O–H groups in total. The summed E-state index contributed by atoms with van der Waals surface area (Å²) in [5.74, 6) is -0.570. The highest BCUT2D eigenvalue weighted by Crippen LogP contribution is 2.29. The van der Waals surface area contributed by atoms with E-state index in [-0.39, 0.29) is 22.4 Å². The minimum Gasteiger partial charge on any atom is -0.457 e. The highest BCUT2D eigenvalue weighted by Gasteiger charge is 2.32. The molecule has 116 valence electrons. The van der Waals surface area contributed by atoms with E-state index in [4.69, 9.17) is 14.6 Å². The van der Waals surface area contributed by atoms with Crippen LogP contribution in [0.3, 0.4) is 0 Å². The Kier molecular flexibility index (Phi) is 6.74. The molecule has 0 spiro atoms. The van der Waals surface area contributed by atoms with Crippen LogP contribution in [-0.2, 0) is 14.3 Å². The Morgan fingerprint density at radius 1 is 1.35 bits per heavy atom. The van der Waals surface area contributed by atoms with Gasteiger partial charge in [-0.15, -0.1) is 0 Å². The first-order valence-corrected chi connectivity index (χ1v) is 8.06. The number of cyclic esters (lactones) is 1. The van der Waals surface area contributed by atoms with Crippen molar-refractivity contribution >= 4 is 28.6 Å². The summed E-state index contributed by atoms with van der Waals surface area (Å²) in [4.78, 5) is 11.5. The van der Waals surface area contributed by atoms with Gasteiger partial charge >= 0.3 is 5.97 Å². The van der Waals surface area contributed by atoms with Crippen LogP contribution in [0.1, 0.15) is 40.0 Å². The van der Waals surface area contributed by atoms with Gasteiger partial charge in [0, 0.05) is 19.8 Å². The number of hydrogen-bond donors (Lipinski definition) is 2. The quantitative estimate of drug-likeness (QED) is 0.391. The van der Waals surface area contributed by atoms with Crippen LogP contribution in [-0.4, -0.2) is 38.6 Å². The second-order valence-electron chi connectivity index (χ2n) is 5.57. The van der Waals surface area contributed by atoms with Crippen LogP contribution >= 0.6 is 22.6 Å². The van der Waals surface area contributed by atoms with Gasteiger partial charge in [-0.05, 0) is 12.8 Å². The third-order valence-electron chi connectivity index (χ3n) is 3.18. The second-order valence-corrected chi connectivity index (χ2v) is 7.17. The highest BCUT2D eigenvalue weighted by atomic mass is 127. The summed E-state index contributed by atoms with van der Waals surface area (Å²) in [6.45, 7) is 5.37. The lowest BCUT2D eigenvalue weighted by Gasteiger charge is -2.33. The maximum absolute atomic E-state index is 11.5. The Balaban J connectivity index is 2.43. The molecule has 0 saturated carbocycles. The minimum absolute atomic E-state index is 0.0222. The summed E-state index contributed by atoms with van der Waals surface area (Å²) in [6, 6.07) is 0. The molecule has 3 atom stereocenters. The number of aliphatic hydroxyl groups excluding tert-OH is 2. The van der Waals surface area contributed by atoms with Crippen molar-refractivity contribution in [3.8, 4) is 0 Å². The van der Waals surface area contributed by atoms with Gasteiger partial charge in [0.25, 0.3) is 0 Å². The van der Waals surface area contributed by atoms with Crippen LogP contribution < -0.4 is 0 Å². The predicted octanol–water partition coefficient (Wildman–Crippen LogP) is 2.14. The first-order chi connectivity index (χ1) is 9.25. The number of alkyl halides is 1. The number of ether oxygens (including phenoxy) is 2. The third kappa shape index (κ3) is 5.57. The highest BCUT2D eigenvalue weighted by molar-refractivity contribution is 14.1. The van der Waals surface area contributed by atoms with Gasteiger partial charge in [0.2, 0.25) is 5.79 Å². The van der Waals surface area contributed by atoms with Crippen molar-refractivity contribution in [2.75, 3.05) is 6.61 Å². The van der Waals surface area contributed by atoms with E-state index in [0.717, 1.165) is 12.8 Å². The van der Waals surface area contributed by atoms with Crippen LogP contribution in [0.4, 0.5) is 0 Å². The van der Waals surface area contributed by atoms with Crippen molar-refractivity contribution in [3.63, 3.8) is 0 Å². The van der Waals surface area contributed by atoms with Gasteiger partial charge in [-0.25, -0.2) is 4.79 Å². The number of carbonyl (C=O) groups is 1. The van der Waals surface area contributed by atoms with Crippen molar-refractivity contribution in [3.05, 3.63) is 11.8 Å². The van der Waals surface area contributed by atoms with Crippen molar-refractivity contribution in [1.82, 2.24) is 0 Å². The number of aliphatic hydroxyl groups is 2. The SMILES string of the molecule is C[C@H](CCC[C@H](O)[C@H](I)CO)C1=CC(=O)OC(C)(C)O1. The van der Waals surface area contributed by atoms with Crippen molar-refractivity contribution < 1.29 is 24.5 Å². The van der Waals surface area contributed by atoms with Crippen LogP contribution in [0.25, 0.3) is 0 Å². The molecule has 1 aliphatic rings. The Morgan fingerprint density at radius 2 is 2.00 bits per heavy atom. The van der Waals surface area contributed by atoms with E-state index in [9.17, 15) is 9.90 Å². The Morgan fingerprint density at radius 3 is 2.55 bits per heavy atom. The second kappa shape index (κ2) is 7.61. The van der Waals surface area contributed by atoms with Crippen LogP contribution in [0.2, 0.25) is 0 Å². The Bertz CT molecular complexity index is 367. The van der Waals surface area contributed by atoms with Crippen LogP contribution in [0, 0.1) is 5.92 Å². The molecule has 1 heterocycles. The lowest BCUT2D eigenvalue weighted by atomic mass is 9.98. The van der Waals surface area contributed by atoms with E-state index < -0.39 is 11.9 Å². The maximum atomic E-state index is 11.5. The van der Waals surface area contributed by atoms with Crippen LogP contribution in [0.15, 0.2) is 11.8 Å². The summed E-state index contributed by atoms with van der Waals surface area (Å²) in [5, 5.41) is 18.7. The van der Waals surface area contributed by atoms with Gasteiger partial charge in [0.15, 0.2) is 0 Å². The lowest BCUT2D eigenvalue weighted by Crippen LogP contribution is -2.35. The van der Waals surface area contributed by atoms with Gasteiger partial charge in [-0.2, -0.15) is 0 Å². The fraction of sp³-hybridized carbons (Fsp3) is 0.786. The summed E-state index contributed by atoms with van der Waals surface area (Å²) in [5.41, 5.74) is 0. The first-order valence-electron chi connectivity index (χ1n) is 6.81. The normalized spacial score (nSPS) is 22.3. The standard InChI is InChI=1S/C14H23IO5/c1-9(5-4-6-11(17)10(15)8-16)12-7-13(18)20-14(2,3)19-12/h7,9-11,16-17H,4-6,8H2,1-3H3/t9-,10-,11+/m1/s1. The van der Waals surface area contributed by atoms with E-state index in [1.165, 1.54) is 6.08 Å². The molecule has 0 unspecified atom stereocenters. The molecule has 0 aromatic heterocycles. The predicted molar refractivity (Wildman–Crippen MR) is 83.3 cm³/mol. The smallest absolute Gasteiger partial charge is 0.337 e. The summed E-state index contributed by atoms with van der Waals surface area (Å²) in [6.07, 6.45) is 3.12. The lowest BCUT2D eigenvalue weighted by molar-refractivity contribution is -0.208. The molecule has 0 saturated heterocycles. The fourth-order valence-electron chi connectivity index (χ4n) is 2.04. The zero-order valence-electron chi connectivity index (χ0n) is 12.1. The molecule has 0 radical (unpaired) electrons. The molecule has 1 aliphatic heterocycles. The van der Waals surface area contributed by atoms with Crippen molar-refractivity contribution in [2.24, 2.45) is 5.92 Å². The van der Waals surface area contributed by atoms with Crippen LogP contribution in [0.5, 0.6) is 0 Å². The number of rotatable bonds is 7. The molecule has 0 amide bonds. The molecular formula is C14H23IO5. The zero-order chi connectivity index (χ0) is 15.3. The molecule has 0 aromatic rings. The number of halogens is 1. The fourth-order valence-corrected chi connectivity index (χ4v) is 2.40. The van der Waals surface area contributed by atoms with E-state index in [1.807, 2.05) is 29.5 Å². The molecule has 0 fully saturated rings. The van der Waals surface area contributed by atoms with Gasteiger partial charge in [0.05, 0.1) is 22.7 Å². The Hall–Kier alpha value is -0.340. The molecular weight excluding hydrogens is 375 g/mol. The molecule has 5 nitrogen and oxygen atoms in total. The number of hydrogen-bond acceptors (Lipinski definition) is 5. The third-order valence-corrected chi connectivity index (χ3v) is 4.41.